The van der Waals surface area contributed by atoms with Gasteiger partial charge in [-0.2, -0.15) is 0 Å². The van der Waals surface area contributed by atoms with Gasteiger partial charge in [0.05, 0.1) is 21.1 Å². The Labute approximate surface area is 191 Å². The summed E-state index contributed by atoms with van der Waals surface area (Å²) in [4.78, 5) is 32.6. The lowest BCUT2D eigenvalue weighted by Gasteiger charge is -2.35. The first-order valence-electron chi connectivity index (χ1n) is 9.40. The molecule has 0 radical (unpaired) electrons. The van der Waals surface area contributed by atoms with Crippen LogP contribution >= 0.6 is 23.2 Å². The highest BCUT2D eigenvalue weighted by Gasteiger charge is 2.50. The first kappa shape index (κ1) is 20.3. The molecule has 1 aliphatic rings. The summed E-state index contributed by atoms with van der Waals surface area (Å²) < 4.78 is 0. The highest BCUT2D eigenvalue weighted by atomic mass is 35.5. The van der Waals surface area contributed by atoms with E-state index in [2.05, 4.69) is 15.3 Å². The van der Waals surface area contributed by atoms with Crippen LogP contribution in [0.4, 0.5) is 16.4 Å². The molecule has 1 unspecified atom stereocenters. The summed E-state index contributed by atoms with van der Waals surface area (Å²) in [6.07, 6.45) is -1.26. The molecule has 0 bridgehead atoms. The van der Waals surface area contributed by atoms with Crippen LogP contribution in [-0.2, 0) is 5.72 Å². The van der Waals surface area contributed by atoms with E-state index in [1.165, 1.54) is 11.0 Å². The van der Waals surface area contributed by atoms with Crippen molar-refractivity contribution in [2.75, 3.05) is 10.2 Å². The molecule has 0 saturated heterocycles. The molecule has 1 aromatic heterocycles. The Hall–Kier alpha value is -3.59. The van der Waals surface area contributed by atoms with Crippen molar-refractivity contribution in [2.45, 2.75) is 5.72 Å². The van der Waals surface area contributed by atoms with E-state index in [0.29, 0.717) is 38.4 Å². The maximum atomic E-state index is 13.4. The lowest BCUT2D eigenvalue weighted by atomic mass is 9.93. The first-order valence-corrected chi connectivity index (χ1v) is 10.2. The second kappa shape index (κ2) is 7.23. The van der Waals surface area contributed by atoms with Crippen molar-refractivity contribution in [2.24, 2.45) is 0 Å². The molecule has 1 atom stereocenters. The molecular weight excluding hydrogens is 455 g/mol. The number of nitrogens with zero attached hydrogens (tertiary/aromatic N) is 2. The number of imidazole rings is 1. The lowest BCUT2D eigenvalue weighted by molar-refractivity contribution is 0.0704. The molecule has 0 fully saturated rings. The van der Waals surface area contributed by atoms with Crippen molar-refractivity contribution in [3.8, 4) is 0 Å². The fraction of sp³-hybridized carbons (Fsp3) is 0.0455. The van der Waals surface area contributed by atoms with Gasteiger partial charge in [0.25, 0.3) is 5.91 Å². The van der Waals surface area contributed by atoms with Crippen molar-refractivity contribution < 1.29 is 19.8 Å². The molecule has 5 rings (SSSR count). The molecule has 0 spiro atoms. The fourth-order valence-electron chi connectivity index (χ4n) is 3.96. The van der Waals surface area contributed by atoms with Gasteiger partial charge in [-0.3, -0.25) is 15.0 Å². The number of nitrogens with one attached hydrogen (secondary N) is 2. The fourth-order valence-corrected chi connectivity index (χ4v) is 4.25. The van der Waals surface area contributed by atoms with Gasteiger partial charge >= 0.3 is 6.09 Å². The Morgan fingerprint density at radius 1 is 1.06 bits per heavy atom. The minimum atomic E-state index is -1.86. The number of aromatic nitrogens is 2. The van der Waals surface area contributed by atoms with Gasteiger partial charge in [-0.15, -0.1) is 0 Å². The summed E-state index contributed by atoms with van der Waals surface area (Å²) in [7, 11) is 0. The van der Waals surface area contributed by atoms with E-state index < -0.39 is 17.7 Å². The number of anilines is 2. The van der Waals surface area contributed by atoms with Crippen LogP contribution in [-0.4, -0.2) is 32.2 Å². The lowest BCUT2D eigenvalue weighted by Crippen LogP contribution is -2.45. The summed E-state index contributed by atoms with van der Waals surface area (Å²) in [5, 5.41) is 23.7. The Morgan fingerprint density at radius 3 is 2.59 bits per heavy atom. The van der Waals surface area contributed by atoms with Crippen LogP contribution in [0.25, 0.3) is 11.0 Å². The van der Waals surface area contributed by atoms with Crippen LogP contribution in [0.3, 0.4) is 0 Å². The number of aliphatic hydroxyl groups is 1. The number of rotatable bonds is 3. The standard InChI is InChI=1S/C22H14Cl2N4O4/c23-15-7-6-12(10-16(15)24)28-19(29)13-3-1-2-4-14(13)22(28,32)11-5-8-17-18(9-11)26-20(25-17)27-21(30)31/h1-10,32H,(H,30,31)(H2,25,26,27). The van der Waals surface area contributed by atoms with E-state index in [-0.39, 0.29) is 11.0 Å². The number of hydrogen-bond donors (Lipinski definition) is 4. The second-order valence-electron chi connectivity index (χ2n) is 7.20. The molecule has 8 nitrogen and oxygen atoms in total. The average Bonchev–Trinajstić information content (AvgIpc) is 3.26. The maximum absolute atomic E-state index is 13.4. The predicted molar refractivity (Wildman–Crippen MR) is 120 cm³/mol. The third-order valence-electron chi connectivity index (χ3n) is 5.33. The number of halogens is 2. The van der Waals surface area contributed by atoms with E-state index in [1.807, 2.05) is 0 Å². The van der Waals surface area contributed by atoms with Crippen LogP contribution in [0.1, 0.15) is 21.5 Å². The SMILES string of the molecule is O=C(O)Nc1nc2cc(C3(O)c4ccccc4C(=O)N3c3ccc(Cl)c(Cl)c3)ccc2[nH]1. The summed E-state index contributed by atoms with van der Waals surface area (Å²) >= 11 is 12.2. The zero-order valence-electron chi connectivity index (χ0n) is 16.1. The van der Waals surface area contributed by atoms with Crippen LogP contribution in [0.15, 0.2) is 60.7 Å². The van der Waals surface area contributed by atoms with Gasteiger partial charge in [0.1, 0.15) is 0 Å². The molecule has 2 heterocycles. The van der Waals surface area contributed by atoms with E-state index in [1.54, 1.807) is 54.6 Å². The van der Waals surface area contributed by atoms with Crippen molar-refractivity contribution in [3.63, 3.8) is 0 Å². The van der Waals surface area contributed by atoms with Crippen molar-refractivity contribution in [1.29, 1.82) is 0 Å². The Morgan fingerprint density at radius 2 is 1.84 bits per heavy atom. The second-order valence-corrected chi connectivity index (χ2v) is 8.02. The molecule has 3 aromatic carbocycles. The summed E-state index contributed by atoms with van der Waals surface area (Å²) in [5.74, 6) is -0.363. The van der Waals surface area contributed by atoms with E-state index in [9.17, 15) is 14.7 Å². The van der Waals surface area contributed by atoms with Crippen LogP contribution < -0.4 is 10.2 Å². The number of benzene rings is 3. The number of H-pyrrole nitrogens is 1. The third kappa shape index (κ3) is 3.00. The minimum Gasteiger partial charge on any atom is -0.465 e. The van der Waals surface area contributed by atoms with Crippen LogP contribution in [0.2, 0.25) is 10.0 Å². The van der Waals surface area contributed by atoms with Crippen molar-refractivity contribution in [3.05, 3.63) is 87.4 Å². The summed E-state index contributed by atoms with van der Waals surface area (Å²) in [6.45, 7) is 0. The van der Waals surface area contributed by atoms with E-state index in [0.717, 1.165) is 0 Å². The number of fused-ring (bicyclic) bond motifs is 2. The topological polar surface area (TPSA) is 119 Å². The predicted octanol–water partition coefficient (Wildman–Crippen LogP) is 4.81. The zero-order valence-corrected chi connectivity index (χ0v) is 17.6. The van der Waals surface area contributed by atoms with Gasteiger partial charge in [0, 0.05) is 22.4 Å². The maximum Gasteiger partial charge on any atom is 0.411 e. The van der Waals surface area contributed by atoms with Crippen LogP contribution in [0.5, 0.6) is 0 Å². The molecule has 0 aliphatic carbocycles. The molecule has 32 heavy (non-hydrogen) atoms. The molecule has 160 valence electrons. The van der Waals surface area contributed by atoms with E-state index >= 15 is 0 Å². The molecule has 4 N–H and O–H groups in total. The number of carbonyl (C=O) groups excluding carboxylic acids is 1. The van der Waals surface area contributed by atoms with E-state index in [4.69, 9.17) is 28.3 Å². The van der Waals surface area contributed by atoms with Crippen molar-refractivity contribution >= 4 is 57.9 Å². The zero-order chi connectivity index (χ0) is 22.6. The number of carbonyl (C=O) groups is 2. The Balaban J connectivity index is 1.71. The number of amides is 2. The van der Waals surface area contributed by atoms with Gasteiger partial charge in [0.15, 0.2) is 5.72 Å². The minimum absolute atomic E-state index is 0.0425. The number of aromatic amines is 1. The molecular formula is C22H14Cl2N4O4. The normalized spacial score (nSPS) is 17.6. The third-order valence-corrected chi connectivity index (χ3v) is 6.07. The molecule has 10 heteroatoms. The molecule has 2 amide bonds. The molecule has 1 aliphatic heterocycles. The van der Waals surface area contributed by atoms with Gasteiger partial charge in [-0.05, 0) is 36.4 Å². The highest BCUT2D eigenvalue weighted by Crippen LogP contribution is 2.46. The van der Waals surface area contributed by atoms with Gasteiger partial charge in [0.2, 0.25) is 5.95 Å². The smallest absolute Gasteiger partial charge is 0.411 e. The Bertz CT molecular complexity index is 1420. The highest BCUT2D eigenvalue weighted by molar-refractivity contribution is 6.42. The number of hydrogen-bond acceptors (Lipinski definition) is 4. The monoisotopic (exact) mass is 468 g/mol. The van der Waals surface area contributed by atoms with Gasteiger partial charge < -0.3 is 15.2 Å². The summed E-state index contributed by atoms with van der Waals surface area (Å²) in [5.41, 5.74) is 0.566. The summed E-state index contributed by atoms with van der Waals surface area (Å²) in [6, 6.07) is 16.3. The molecule has 0 saturated carbocycles. The largest absolute Gasteiger partial charge is 0.465 e. The van der Waals surface area contributed by atoms with Crippen molar-refractivity contribution in [1.82, 2.24) is 9.97 Å². The Kier molecular flexibility index (Phi) is 4.59. The average molecular weight is 469 g/mol. The first-order chi connectivity index (χ1) is 15.3. The quantitative estimate of drug-likeness (QED) is 0.343. The van der Waals surface area contributed by atoms with Gasteiger partial charge in [-0.25, -0.2) is 9.78 Å². The van der Waals surface area contributed by atoms with Gasteiger partial charge in [-0.1, -0.05) is 47.5 Å². The molecule has 4 aromatic rings. The van der Waals surface area contributed by atoms with Crippen LogP contribution in [0, 0.1) is 0 Å². The number of carboxylic acid groups (broad SMARTS) is 1.